The molecule has 7 nitrogen and oxygen atoms in total. The Morgan fingerprint density at radius 2 is 2.09 bits per heavy atom. The van der Waals surface area contributed by atoms with Gasteiger partial charge in [-0.25, -0.2) is 12.7 Å². The maximum Gasteiger partial charge on any atom is 0.268 e. The van der Waals surface area contributed by atoms with Crippen LogP contribution in [0.4, 0.5) is 0 Å². The van der Waals surface area contributed by atoms with Crippen molar-refractivity contribution in [3.05, 3.63) is 29.3 Å². The van der Waals surface area contributed by atoms with Crippen LogP contribution < -0.4 is 0 Å². The van der Waals surface area contributed by atoms with Gasteiger partial charge in [-0.05, 0) is 25.1 Å². The molecule has 0 atom stereocenters. The van der Waals surface area contributed by atoms with E-state index in [2.05, 4.69) is 0 Å². The highest BCUT2D eigenvalue weighted by Crippen LogP contribution is 2.30. The molecule has 0 N–H and O–H groups in total. The van der Waals surface area contributed by atoms with Gasteiger partial charge in [-0.15, -0.1) is 0 Å². The Bertz CT molecular complexity index is 780. The minimum Gasteiger partial charge on any atom is -0.341 e. The lowest BCUT2D eigenvalue weighted by Gasteiger charge is -2.15. The highest BCUT2D eigenvalue weighted by atomic mass is 32.2. The Morgan fingerprint density at radius 1 is 1.41 bits per heavy atom. The third-order valence-corrected chi connectivity index (χ3v) is 5.34. The summed E-state index contributed by atoms with van der Waals surface area (Å²) in [6.07, 6.45) is 0.188. The van der Waals surface area contributed by atoms with Crippen molar-refractivity contribution in [1.82, 2.24) is 9.21 Å². The molecule has 22 heavy (non-hydrogen) atoms. The Balaban J connectivity index is 2.41. The molecule has 1 aliphatic heterocycles. The molecule has 0 fully saturated rings. The summed E-state index contributed by atoms with van der Waals surface area (Å²) in [5.74, 6) is -0.968. The minimum absolute atomic E-state index is 0.0429. The van der Waals surface area contributed by atoms with Crippen LogP contribution in [0, 0.1) is 11.3 Å². The highest BCUT2D eigenvalue weighted by molar-refractivity contribution is 7.90. The number of rotatable bonds is 4. The molecule has 0 unspecified atom stereocenters. The summed E-state index contributed by atoms with van der Waals surface area (Å²) in [6, 6.07) is 5.95. The summed E-state index contributed by atoms with van der Waals surface area (Å²) in [4.78, 5) is 25.4. The van der Waals surface area contributed by atoms with Crippen molar-refractivity contribution in [2.45, 2.75) is 18.2 Å². The van der Waals surface area contributed by atoms with Crippen molar-refractivity contribution in [3.8, 4) is 6.07 Å². The van der Waals surface area contributed by atoms with Crippen LogP contribution >= 0.6 is 0 Å². The highest BCUT2D eigenvalue weighted by Gasteiger charge is 2.40. The average molecular weight is 321 g/mol. The summed E-state index contributed by atoms with van der Waals surface area (Å²) in [5.41, 5.74) is 0.256. The molecule has 8 heteroatoms. The van der Waals surface area contributed by atoms with Gasteiger partial charge in [0.05, 0.1) is 18.1 Å². The number of hydrogen-bond acceptors (Lipinski definition) is 5. The monoisotopic (exact) mass is 321 g/mol. The van der Waals surface area contributed by atoms with Gasteiger partial charge >= 0.3 is 0 Å². The maximum absolute atomic E-state index is 12.3. The van der Waals surface area contributed by atoms with E-state index in [4.69, 9.17) is 5.26 Å². The molecule has 0 bridgehead atoms. The largest absolute Gasteiger partial charge is 0.341 e. The first-order chi connectivity index (χ1) is 10.3. The lowest BCUT2D eigenvalue weighted by atomic mass is 10.1. The van der Waals surface area contributed by atoms with Gasteiger partial charge in [-0.2, -0.15) is 5.26 Å². The van der Waals surface area contributed by atoms with Gasteiger partial charge in [0.15, 0.2) is 0 Å². The minimum atomic E-state index is -3.88. The molecular weight excluding hydrogens is 306 g/mol. The molecule has 2 amide bonds. The third kappa shape index (κ3) is 2.44. The second-order valence-electron chi connectivity index (χ2n) is 4.82. The Labute approximate surface area is 128 Å². The number of nitrogens with zero attached hydrogens (tertiary/aromatic N) is 3. The number of carbonyl (C=O) groups excluding carboxylic acids is 2. The van der Waals surface area contributed by atoms with Crippen LogP contribution in [0.2, 0.25) is 0 Å². The zero-order chi connectivity index (χ0) is 16.5. The predicted octanol–water partition coefficient (Wildman–Crippen LogP) is 0.837. The molecule has 116 valence electrons. The molecule has 0 saturated heterocycles. The van der Waals surface area contributed by atoms with Crippen molar-refractivity contribution in [1.29, 1.82) is 5.26 Å². The topological polar surface area (TPSA) is 98.5 Å². The number of benzene rings is 1. The lowest BCUT2D eigenvalue weighted by Crippen LogP contribution is -2.29. The molecule has 1 aliphatic rings. The predicted molar refractivity (Wildman–Crippen MR) is 77.5 cm³/mol. The van der Waals surface area contributed by atoms with E-state index in [9.17, 15) is 18.0 Å². The third-order valence-electron chi connectivity index (χ3n) is 3.45. The van der Waals surface area contributed by atoms with E-state index < -0.39 is 21.8 Å². The number of carbonyl (C=O) groups is 2. The van der Waals surface area contributed by atoms with Gasteiger partial charge < -0.3 is 4.90 Å². The Kier molecular flexibility index (Phi) is 4.19. The lowest BCUT2D eigenvalue weighted by molar-refractivity contribution is 0.0796. The second-order valence-corrected chi connectivity index (χ2v) is 6.65. The smallest absolute Gasteiger partial charge is 0.268 e. The van der Waals surface area contributed by atoms with E-state index in [0.717, 1.165) is 4.31 Å². The summed E-state index contributed by atoms with van der Waals surface area (Å²) < 4.78 is 25.3. The standard InChI is InChI=1S/C14H15N3O4S/c1-3-17-14(19)11-6-5-10(9-12(11)22(17,20)21)13(18)16(2)8-4-7-15/h5-6,9H,3-4,8H2,1-2H3. The van der Waals surface area contributed by atoms with Gasteiger partial charge in [-0.1, -0.05) is 0 Å². The van der Waals surface area contributed by atoms with Gasteiger partial charge in [0.2, 0.25) is 0 Å². The SMILES string of the molecule is CCN1C(=O)c2ccc(C(=O)N(C)CCC#N)cc2S1(=O)=O. The van der Waals surface area contributed by atoms with Crippen LogP contribution in [0.3, 0.4) is 0 Å². The quantitative estimate of drug-likeness (QED) is 0.818. The normalized spacial score (nSPS) is 15.3. The molecule has 1 aromatic carbocycles. The Hall–Kier alpha value is -2.40. The number of fused-ring (bicyclic) bond motifs is 1. The fourth-order valence-corrected chi connectivity index (χ4v) is 3.86. The van der Waals surface area contributed by atoms with Gasteiger partial charge in [0.1, 0.15) is 4.90 Å². The van der Waals surface area contributed by atoms with Gasteiger partial charge in [-0.3, -0.25) is 9.59 Å². The van der Waals surface area contributed by atoms with Gasteiger partial charge in [0.25, 0.3) is 21.8 Å². The van der Waals surface area contributed by atoms with Crippen molar-refractivity contribution < 1.29 is 18.0 Å². The van der Waals surface area contributed by atoms with Crippen molar-refractivity contribution >= 4 is 21.8 Å². The second kappa shape index (κ2) is 5.77. The zero-order valence-corrected chi connectivity index (χ0v) is 13.1. The molecule has 2 rings (SSSR count). The first kappa shape index (κ1) is 16.0. The fraction of sp³-hybridized carbons (Fsp3) is 0.357. The number of sulfonamides is 1. The number of nitriles is 1. The van der Waals surface area contributed by atoms with E-state index >= 15 is 0 Å². The van der Waals surface area contributed by atoms with Crippen molar-refractivity contribution in [2.24, 2.45) is 0 Å². The zero-order valence-electron chi connectivity index (χ0n) is 12.2. The molecule has 0 aliphatic carbocycles. The van der Waals surface area contributed by atoms with Crippen LogP contribution in [-0.2, 0) is 10.0 Å². The summed E-state index contributed by atoms with van der Waals surface area (Å²) >= 11 is 0. The molecular formula is C14H15N3O4S. The molecule has 1 aromatic rings. The summed E-state index contributed by atoms with van der Waals surface area (Å²) in [6.45, 7) is 1.86. The average Bonchev–Trinajstić information content (AvgIpc) is 2.70. The van der Waals surface area contributed by atoms with Crippen LogP contribution in [0.5, 0.6) is 0 Å². The maximum atomic E-state index is 12.3. The van der Waals surface area contributed by atoms with Crippen LogP contribution in [0.1, 0.15) is 34.1 Å². The fourth-order valence-electron chi connectivity index (χ4n) is 2.26. The van der Waals surface area contributed by atoms with Crippen molar-refractivity contribution in [3.63, 3.8) is 0 Å². The van der Waals surface area contributed by atoms with E-state index in [0.29, 0.717) is 0 Å². The molecule has 0 saturated carbocycles. The van der Waals surface area contributed by atoms with E-state index in [-0.39, 0.29) is 35.5 Å². The van der Waals surface area contributed by atoms with Crippen LogP contribution in [0.15, 0.2) is 23.1 Å². The van der Waals surface area contributed by atoms with Crippen LogP contribution in [-0.4, -0.2) is 49.6 Å². The van der Waals surface area contributed by atoms with E-state index in [1.54, 1.807) is 6.92 Å². The van der Waals surface area contributed by atoms with E-state index in [1.807, 2.05) is 6.07 Å². The summed E-state index contributed by atoms with van der Waals surface area (Å²) in [5, 5.41) is 8.54. The van der Waals surface area contributed by atoms with E-state index in [1.165, 1.54) is 30.1 Å². The molecule has 0 aromatic heterocycles. The molecule has 0 spiro atoms. The van der Waals surface area contributed by atoms with Gasteiger partial charge in [0, 0.05) is 25.7 Å². The summed E-state index contributed by atoms with van der Waals surface area (Å²) in [7, 11) is -2.35. The Morgan fingerprint density at radius 3 is 2.68 bits per heavy atom. The molecule has 1 heterocycles. The molecule has 0 radical (unpaired) electrons. The first-order valence-corrected chi connectivity index (χ1v) is 8.12. The van der Waals surface area contributed by atoms with Crippen LogP contribution in [0.25, 0.3) is 0 Å². The number of amides is 2. The first-order valence-electron chi connectivity index (χ1n) is 6.68. The van der Waals surface area contributed by atoms with Crippen molar-refractivity contribution in [2.75, 3.05) is 20.1 Å². The number of hydrogen-bond donors (Lipinski definition) is 0.